The molecule has 0 saturated carbocycles. The van der Waals surface area contributed by atoms with Crippen LogP contribution in [0, 0.1) is 0 Å². The van der Waals surface area contributed by atoms with Crippen molar-refractivity contribution < 1.29 is 14.2 Å². The Morgan fingerprint density at radius 3 is 2.42 bits per heavy atom. The zero-order chi connectivity index (χ0) is 13.8. The largest absolute Gasteiger partial charge is 0.493 e. The van der Waals surface area contributed by atoms with Crippen molar-refractivity contribution in [3.05, 3.63) is 29.8 Å². The quantitative estimate of drug-likeness (QED) is 0.623. The standard InChI is InChI=1S/C15H25NO3/c1-2-14-6-3-4-7-15(14)19-10-5-9-17-12-13-18-11-8-16/h3-4,6-7H,2,5,8-13,16H2,1H3. The van der Waals surface area contributed by atoms with Crippen molar-refractivity contribution in [1.29, 1.82) is 0 Å². The fraction of sp³-hybridized carbons (Fsp3) is 0.600. The summed E-state index contributed by atoms with van der Waals surface area (Å²) in [6.07, 6.45) is 1.88. The van der Waals surface area contributed by atoms with E-state index in [2.05, 4.69) is 13.0 Å². The van der Waals surface area contributed by atoms with Gasteiger partial charge < -0.3 is 19.9 Å². The van der Waals surface area contributed by atoms with Crippen LogP contribution in [0.4, 0.5) is 0 Å². The Morgan fingerprint density at radius 1 is 0.947 bits per heavy atom. The average molecular weight is 267 g/mol. The molecule has 1 aromatic carbocycles. The molecule has 0 radical (unpaired) electrons. The third kappa shape index (κ3) is 7.15. The summed E-state index contributed by atoms with van der Waals surface area (Å²) < 4.78 is 16.4. The Kier molecular flexibility index (Phi) is 9.06. The Bertz CT molecular complexity index is 331. The molecule has 0 bridgehead atoms. The van der Waals surface area contributed by atoms with Crippen LogP contribution in [-0.4, -0.2) is 39.6 Å². The second-order valence-corrected chi connectivity index (χ2v) is 4.18. The summed E-state index contributed by atoms with van der Waals surface area (Å²) in [6.45, 7) is 5.89. The van der Waals surface area contributed by atoms with E-state index in [1.165, 1.54) is 5.56 Å². The summed E-state index contributed by atoms with van der Waals surface area (Å²) in [5.74, 6) is 0.983. The molecule has 0 amide bonds. The molecule has 0 aliphatic rings. The van der Waals surface area contributed by atoms with Crippen molar-refractivity contribution in [2.75, 3.05) is 39.6 Å². The lowest BCUT2D eigenvalue weighted by Crippen LogP contribution is -2.13. The maximum absolute atomic E-state index is 5.75. The van der Waals surface area contributed by atoms with Gasteiger partial charge in [0.15, 0.2) is 0 Å². The Balaban J connectivity index is 2.01. The van der Waals surface area contributed by atoms with Gasteiger partial charge in [-0.05, 0) is 18.1 Å². The lowest BCUT2D eigenvalue weighted by atomic mass is 10.1. The lowest BCUT2D eigenvalue weighted by molar-refractivity contribution is 0.0463. The monoisotopic (exact) mass is 267 g/mol. The lowest BCUT2D eigenvalue weighted by Gasteiger charge is -2.10. The first-order chi connectivity index (χ1) is 9.38. The SMILES string of the molecule is CCc1ccccc1OCCCOCCOCCN. The Hall–Kier alpha value is -1.10. The summed E-state index contributed by atoms with van der Waals surface area (Å²) in [5, 5.41) is 0. The van der Waals surface area contributed by atoms with Gasteiger partial charge in [0, 0.05) is 19.6 Å². The first kappa shape index (κ1) is 16.0. The van der Waals surface area contributed by atoms with Crippen LogP contribution in [0.15, 0.2) is 24.3 Å². The van der Waals surface area contributed by atoms with Gasteiger partial charge in [-0.15, -0.1) is 0 Å². The molecule has 0 aliphatic carbocycles. The molecule has 1 rings (SSSR count). The summed E-state index contributed by atoms with van der Waals surface area (Å²) in [7, 11) is 0. The number of nitrogens with two attached hydrogens (primary N) is 1. The van der Waals surface area contributed by atoms with Crippen molar-refractivity contribution in [1.82, 2.24) is 0 Å². The number of benzene rings is 1. The van der Waals surface area contributed by atoms with Gasteiger partial charge in [0.1, 0.15) is 5.75 Å². The highest BCUT2D eigenvalue weighted by molar-refractivity contribution is 5.33. The minimum Gasteiger partial charge on any atom is -0.493 e. The number of para-hydroxylation sites is 1. The molecule has 4 heteroatoms. The van der Waals surface area contributed by atoms with E-state index in [-0.39, 0.29) is 0 Å². The highest BCUT2D eigenvalue weighted by Gasteiger charge is 1.99. The summed E-state index contributed by atoms with van der Waals surface area (Å²) >= 11 is 0. The molecule has 108 valence electrons. The molecule has 0 atom stereocenters. The smallest absolute Gasteiger partial charge is 0.122 e. The Morgan fingerprint density at radius 2 is 1.68 bits per heavy atom. The van der Waals surface area contributed by atoms with Gasteiger partial charge in [-0.3, -0.25) is 0 Å². The van der Waals surface area contributed by atoms with Crippen molar-refractivity contribution in [3.8, 4) is 5.75 Å². The number of ether oxygens (including phenoxy) is 3. The zero-order valence-corrected chi connectivity index (χ0v) is 11.8. The maximum atomic E-state index is 5.75. The van der Waals surface area contributed by atoms with Crippen molar-refractivity contribution in [2.45, 2.75) is 19.8 Å². The van der Waals surface area contributed by atoms with E-state index in [1.807, 2.05) is 18.2 Å². The van der Waals surface area contributed by atoms with E-state index >= 15 is 0 Å². The molecule has 2 N–H and O–H groups in total. The Labute approximate surface area is 115 Å². The molecule has 0 spiro atoms. The van der Waals surface area contributed by atoms with Crippen LogP contribution in [0.3, 0.4) is 0 Å². The summed E-state index contributed by atoms with van der Waals surface area (Å²) in [4.78, 5) is 0. The van der Waals surface area contributed by atoms with Crippen LogP contribution >= 0.6 is 0 Å². The highest BCUT2D eigenvalue weighted by Crippen LogP contribution is 2.18. The topological polar surface area (TPSA) is 53.7 Å². The fourth-order valence-corrected chi connectivity index (χ4v) is 1.69. The van der Waals surface area contributed by atoms with Crippen molar-refractivity contribution in [3.63, 3.8) is 0 Å². The maximum Gasteiger partial charge on any atom is 0.122 e. The highest BCUT2D eigenvalue weighted by atomic mass is 16.5. The minimum atomic E-state index is 0.560. The predicted molar refractivity (Wildman–Crippen MR) is 76.6 cm³/mol. The minimum absolute atomic E-state index is 0.560. The first-order valence-corrected chi connectivity index (χ1v) is 6.94. The molecule has 0 aliphatic heterocycles. The fourth-order valence-electron chi connectivity index (χ4n) is 1.69. The van der Waals surface area contributed by atoms with Crippen LogP contribution in [-0.2, 0) is 15.9 Å². The van der Waals surface area contributed by atoms with Crippen molar-refractivity contribution in [2.24, 2.45) is 5.73 Å². The van der Waals surface area contributed by atoms with Gasteiger partial charge >= 0.3 is 0 Å². The van der Waals surface area contributed by atoms with Gasteiger partial charge in [-0.1, -0.05) is 25.1 Å². The second kappa shape index (κ2) is 10.8. The van der Waals surface area contributed by atoms with Gasteiger partial charge in [0.25, 0.3) is 0 Å². The molecule has 0 aromatic heterocycles. The van der Waals surface area contributed by atoms with E-state index in [1.54, 1.807) is 0 Å². The van der Waals surface area contributed by atoms with Crippen LogP contribution in [0.2, 0.25) is 0 Å². The van der Waals surface area contributed by atoms with Gasteiger partial charge in [-0.2, -0.15) is 0 Å². The average Bonchev–Trinajstić information content (AvgIpc) is 2.46. The number of aryl methyl sites for hydroxylation is 1. The zero-order valence-electron chi connectivity index (χ0n) is 11.8. The molecule has 19 heavy (non-hydrogen) atoms. The summed E-state index contributed by atoms with van der Waals surface area (Å²) in [5.41, 5.74) is 6.55. The molecular weight excluding hydrogens is 242 g/mol. The van der Waals surface area contributed by atoms with Crippen LogP contribution in [0.25, 0.3) is 0 Å². The van der Waals surface area contributed by atoms with Crippen LogP contribution in [0.5, 0.6) is 5.75 Å². The van der Waals surface area contributed by atoms with E-state index in [4.69, 9.17) is 19.9 Å². The van der Waals surface area contributed by atoms with Gasteiger partial charge in [0.2, 0.25) is 0 Å². The van der Waals surface area contributed by atoms with Crippen molar-refractivity contribution >= 4 is 0 Å². The molecule has 4 nitrogen and oxygen atoms in total. The van der Waals surface area contributed by atoms with Crippen LogP contribution < -0.4 is 10.5 Å². The van der Waals surface area contributed by atoms with Gasteiger partial charge in [0.05, 0.1) is 26.4 Å². The molecular formula is C15H25NO3. The molecule has 0 fully saturated rings. The normalized spacial score (nSPS) is 10.6. The first-order valence-electron chi connectivity index (χ1n) is 6.94. The van der Waals surface area contributed by atoms with E-state index < -0.39 is 0 Å². The van der Waals surface area contributed by atoms with E-state index in [0.29, 0.717) is 39.6 Å². The number of hydrogen-bond acceptors (Lipinski definition) is 4. The predicted octanol–water partition coefficient (Wildman–Crippen LogP) is 2.01. The summed E-state index contributed by atoms with van der Waals surface area (Å²) in [6, 6.07) is 8.15. The third-order valence-electron chi connectivity index (χ3n) is 2.68. The second-order valence-electron chi connectivity index (χ2n) is 4.18. The van der Waals surface area contributed by atoms with Gasteiger partial charge in [-0.25, -0.2) is 0 Å². The molecule has 0 unspecified atom stereocenters. The van der Waals surface area contributed by atoms with Crippen LogP contribution in [0.1, 0.15) is 18.9 Å². The third-order valence-corrected chi connectivity index (χ3v) is 2.68. The van der Waals surface area contributed by atoms with E-state index in [0.717, 1.165) is 18.6 Å². The number of hydrogen-bond donors (Lipinski definition) is 1. The van der Waals surface area contributed by atoms with E-state index in [9.17, 15) is 0 Å². The molecule has 0 heterocycles. The molecule has 0 saturated heterocycles. The number of rotatable bonds is 11. The molecule has 1 aromatic rings.